The van der Waals surface area contributed by atoms with E-state index in [0.29, 0.717) is 28.5 Å². The first-order valence-electron chi connectivity index (χ1n) is 11.4. The van der Waals surface area contributed by atoms with Crippen molar-refractivity contribution >= 4 is 40.9 Å². The van der Waals surface area contributed by atoms with Gasteiger partial charge in [0.1, 0.15) is 10.6 Å². The van der Waals surface area contributed by atoms with Gasteiger partial charge in [0.25, 0.3) is 11.8 Å². The minimum atomic E-state index is -0.452. The zero-order valence-electron chi connectivity index (χ0n) is 19.8. The number of benzene rings is 3. The first-order valence-corrected chi connectivity index (χ1v) is 12.2. The van der Waals surface area contributed by atoms with Gasteiger partial charge in [-0.15, -0.1) is 0 Å². The second-order valence-corrected chi connectivity index (χ2v) is 9.32. The molecule has 0 aliphatic carbocycles. The number of hydrogen-bond donors (Lipinski definition) is 1. The normalized spacial score (nSPS) is 13.4. The van der Waals surface area contributed by atoms with Crippen LogP contribution in [0.2, 0.25) is 0 Å². The van der Waals surface area contributed by atoms with Gasteiger partial charge in [0.15, 0.2) is 0 Å². The summed E-state index contributed by atoms with van der Waals surface area (Å²) < 4.78 is 5.16. The third kappa shape index (κ3) is 5.46. The highest BCUT2D eigenvalue weighted by molar-refractivity contribution is 8.04. The van der Waals surface area contributed by atoms with Crippen molar-refractivity contribution in [2.75, 3.05) is 16.8 Å². The van der Waals surface area contributed by atoms with Crippen LogP contribution in [0.5, 0.6) is 0 Å². The highest BCUT2D eigenvalue weighted by atomic mass is 32.2. The topological polar surface area (TPSA) is 75.7 Å². The standard InChI is InChI=1S/C28H26N2O4S/c1-4-17-34-28(33)20-9-13-22(14-10-20)30-26(31)24(29-21-11-5-18(2)6-12-21)25(27(30)32)35-23-15-7-19(3)8-16-23/h5-16,29H,4,17H2,1-3H3. The highest BCUT2D eigenvalue weighted by Gasteiger charge is 2.40. The quantitative estimate of drug-likeness (QED) is 0.318. The Bertz CT molecular complexity index is 1210. The van der Waals surface area contributed by atoms with Crippen molar-refractivity contribution in [3.05, 3.63) is 100 Å². The molecule has 0 aromatic heterocycles. The third-order valence-electron chi connectivity index (χ3n) is 5.40. The number of carbonyl (C=O) groups is 3. The summed E-state index contributed by atoms with van der Waals surface area (Å²) in [7, 11) is 0. The van der Waals surface area contributed by atoms with Gasteiger partial charge < -0.3 is 10.1 Å². The molecule has 1 aliphatic heterocycles. The molecule has 0 atom stereocenters. The lowest BCUT2D eigenvalue weighted by atomic mass is 10.2. The second-order valence-electron chi connectivity index (χ2n) is 8.24. The van der Waals surface area contributed by atoms with Crippen LogP contribution in [0.25, 0.3) is 0 Å². The maximum Gasteiger partial charge on any atom is 0.338 e. The summed E-state index contributed by atoms with van der Waals surface area (Å²) >= 11 is 1.25. The maximum absolute atomic E-state index is 13.5. The van der Waals surface area contributed by atoms with Gasteiger partial charge in [-0.05, 0) is 68.8 Å². The minimum absolute atomic E-state index is 0.218. The molecule has 0 fully saturated rings. The second kappa shape index (κ2) is 10.6. The van der Waals surface area contributed by atoms with E-state index in [0.717, 1.165) is 27.3 Å². The maximum atomic E-state index is 13.5. The zero-order chi connectivity index (χ0) is 24.9. The Hall–Kier alpha value is -3.84. The molecule has 7 heteroatoms. The minimum Gasteiger partial charge on any atom is -0.462 e. The van der Waals surface area contributed by atoms with Crippen molar-refractivity contribution < 1.29 is 19.1 Å². The Balaban J connectivity index is 1.65. The van der Waals surface area contributed by atoms with Crippen molar-refractivity contribution in [3.8, 4) is 0 Å². The number of esters is 1. The summed E-state index contributed by atoms with van der Waals surface area (Å²) in [5, 5.41) is 3.16. The molecule has 6 nitrogen and oxygen atoms in total. The van der Waals surface area contributed by atoms with E-state index in [-0.39, 0.29) is 5.70 Å². The van der Waals surface area contributed by atoms with Crippen LogP contribution in [0.3, 0.4) is 0 Å². The number of aryl methyl sites for hydroxylation is 2. The van der Waals surface area contributed by atoms with E-state index in [9.17, 15) is 14.4 Å². The summed E-state index contributed by atoms with van der Waals surface area (Å²) in [6, 6.07) is 21.7. The van der Waals surface area contributed by atoms with Gasteiger partial charge in [0.2, 0.25) is 0 Å². The SMILES string of the molecule is CCCOC(=O)c1ccc(N2C(=O)C(Nc3ccc(C)cc3)=C(Sc3ccc(C)cc3)C2=O)cc1. The fraction of sp³-hybridized carbons (Fsp3) is 0.179. The summed E-state index contributed by atoms with van der Waals surface area (Å²) in [5.74, 6) is -1.31. The van der Waals surface area contributed by atoms with Crippen LogP contribution in [0.1, 0.15) is 34.8 Å². The Morgan fingerprint density at radius 3 is 2.06 bits per heavy atom. The molecular weight excluding hydrogens is 460 g/mol. The average molecular weight is 487 g/mol. The first-order chi connectivity index (χ1) is 16.9. The molecule has 0 saturated carbocycles. The summed E-state index contributed by atoms with van der Waals surface area (Å²) in [6.45, 7) is 6.23. The number of imide groups is 1. The van der Waals surface area contributed by atoms with E-state index < -0.39 is 17.8 Å². The van der Waals surface area contributed by atoms with Crippen LogP contribution in [0.15, 0.2) is 88.3 Å². The first kappa shape index (κ1) is 24.3. The number of carbonyl (C=O) groups excluding carboxylic acids is 3. The number of thioether (sulfide) groups is 1. The van der Waals surface area contributed by atoms with Crippen LogP contribution in [0, 0.1) is 13.8 Å². The lowest BCUT2D eigenvalue weighted by Gasteiger charge is -2.16. The number of anilines is 2. The molecule has 4 rings (SSSR count). The summed E-state index contributed by atoms with van der Waals surface area (Å²) in [5.41, 5.74) is 3.87. The fourth-order valence-corrected chi connectivity index (χ4v) is 4.41. The number of rotatable bonds is 8. The van der Waals surface area contributed by atoms with E-state index in [4.69, 9.17) is 4.74 Å². The lowest BCUT2D eigenvalue weighted by molar-refractivity contribution is -0.120. The lowest BCUT2D eigenvalue weighted by Crippen LogP contribution is -2.32. The fourth-order valence-electron chi connectivity index (χ4n) is 3.48. The van der Waals surface area contributed by atoms with Gasteiger partial charge in [-0.3, -0.25) is 9.59 Å². The van der Waals surface area contributed by atoms with E-state index in [2.05, 4.69) is 5.32 Å². The molecule has 1 heterocycles. The van der Waals surface area contributed by atoms with Crippen LogP contribution in [0.4, 0.5) is 11.4 Å². The molecular formula is C28H26N2O4S. The zero-order valence-corrected chi connectivity index (χ0v) is 20.6. The molecule has 0 saturated heterocycles. The number of amides is 2. The highest BCUT2D eigenvalue weighted by Crippen LogP contribution is 2.38. The van der Waals surface area contributed by atoms with Crippen LogP contribution in [-0.4, -0.2) is 24.4 Å². The van der Waals surface area contributed by atoms with Gasteiger partial charge in [-0.25, -0.2) is 9.69 Å². The Kier molecular flexibility index (Phi) is 7.36. The molecule has 0 spiro atoms. The monoisotopic (exact) mass is 486 g/mol. The van der Waals surface area contributed by atoms with Gasteiger partial charge in [0, 0.05) is 10.6 Å². The molecule has 3 aromatic rings. The van der Waals surface area contributed by atoms with E-state index >= 15 is 0 Å². The largest absolute Gasteiger partial charge is 0.462 e. The molecule has 0 radical (unpaired) electrons. The van der Waals surface area contributed by atoms with Gasteiger partial charge >= 0.3 is 5.97 Å². The smallest absolute Gasteiger partial charge is 0.338 e. The third-order valence-corrected chi connectivity index (χ3v) is 6.49. The molecule has 0 unspecified atom stereocenters. The number of nitrogens with zero attached hydrogens (tertiary/aromatic N) is 1. The van der Waals surface area contributed by atoms with Gasteiger partial charge in [0.05, 0.1) is 17.9 Å². The van der Waals surface area contributed by atoms with E-state index in [1.165, 1.54) is 11.8 Å². The molecule has 0 bridgehead atoms. The number of ether oxygens (including phenoxy) is 1. The average Bonchev–Trinajstić information content (AvgIpc) is 3.09. The molecule has 1 aliphatic rings. The van der Waals surface area contributed by atoms with Crippen LogP contribution < -0.4 is 10.2 Å². The van der Waals surface area contributed by atoms with Crippen molar-refractivity contribution in [1.82, 2.24) is 0 Å². The van der Waals surface area contributed by atoms with Crippen molar-refractivity contribution in [2.45, 2.75) is 32.1 Å². The number of hydrogen-bond acceptors (Lipinski definition) is 6. The summed E-state index contributed by atoms with van der Waals surface area (Å²) in [6.07, 6.45) is 0.727. The molecule has 178 valence electrons. The van der Waals surface area contributed by atoms with E-state index in [1.54, 1.807) is 24.3 Å². The molecule has 1 N–H and O–H groups in total. The number of nitrogens with one attached hydrogen (secondary N) is 1. The van der Waals surface area contributed by atoms with Crippen molar-refractivity contribution in [3.63, 3.8) is 0 Å². The van der Waals surface area contributed by atoms with Crippen LogP contribution >= 0.6 is 11.8 Å². The summed E-state index contributed by atoms with van der Waals surface area (Å²) in [4.78, 5) is 41.4. The Morgan fingerprint density at radius 1 is 0.857 bits per heavy atom. The predicted molar refractivity (Wildman–Crippen MR) is 138 cm³/mol. The Morgan fingerprint density at radius 2 is 1.46 bits per heavy atom. The van der Waals surface area contributed by atoms with Crippen molar-refractivity contribution in [2.24, 2.45) is 0 Å². The van der Waals surface area contributed by atoms with E-state index in [1.807, 2.05) is 69.3 Å². The molecule has 3 aromatic carbocycles. The Labute approximate surface area is 209 Å². The van der Waals surface area contributed by atoms with Crippen LogP contribution in [-0.2, 0) is 14.3 Å². The van der Waals surface area contributed by atoms with Gasteiger partial charge in [-0.2, -0.15) is 0 Å². The van der Waals surface area contributed by atoms with Gasteiger partial charge in [-0.1, -0.05) is 54.1 Å². The molecule has 35 heavy (non-hydrogen) atoms. The molecule has 2 amide bonds. The van der Waals surface area contributed by atoms with Crippen molar-refractivity contribution in [1.29, 1.82) is 0 Å². The predicted octanol–water partition coefficient (Wildman–Crippen LogP) is 5.86.